The Kier molecular flexibility index (Phi) is 8.09. The van der Waals surface area contributed by atoms with Crippen LogP contribution in [0.15, 0.2) is 85.2 Å². The summed E-state index contributed by atoms with van der Waals surface area (Å²) in [6.07, 6.45) is 9.40. The Morgan fingerprint density at radius 3 is 2.29 bits per heavy atom. The molecule has 1 atom stereocenters. The number of amides is 2. The number of pyridine rings is 1. The Hall–Kier alpha value is -5.09. The maximum atomic E-state index is 12.2. The van der Waals surface area contributed by atoms with Gasteiger partial charge >= 0.3 is 0 Å². The number of carbonyl (C=O) groups is 2. The van der Waals surface area contributed by atoms with Gasteiger partial charge in [-0.2, -0.15) is 0 Å². The Labute approximate surface area is 279 Å². The van der Waals surface area contributed by atoms with Crippen molar-refractivity contribution in [3.8, 4) is 22.7 Å². The first-order chi connectivity index (χ1) is 23.5. The van der Waals surface area contributed by atoms with Gasteiger partial charge in [-0.05, 0) is 105 Å². The molecule has 3 aliphatic rings. The third-order valence-electron chi connectivity index (χ3n) is 10.5. The van der Waals surface area contributed by atoms with E-state index in [2.05, 4.69) is 65.2 Å². The van der Waals surface area contributed by atoms with Gasteiger partial charge in [-0.25, -0.2) is 0 Å². The number of hydrogen-bond acceptors (Lipinski definition) is 8. The minimum Gasteiger partial charge on any atom is -0.507 e. The highest BCUT2D eigenvalue weighted by Crippen LogP contribution is 2.34. The number of likely N-dealkylation sites (tertiary alicyclic amines) is 1. The van der Waals surface area contributed by atoms with Crippen LogP contribution in [0.4, 0.5) is 5.69 Å². The van der Waals surface area contributed by atoms with Crippen molar-refractivity contribution in [2.24, 2.45) is 0 Å². The van der Waals surface area contributed by atoms with Crippen molar-refractivity contribution in [1.82, 2.24) is 30.0 Å². The second kappa shape index (κ2) is 12.8. The van der Waals surface area contributed by atoms with Crippen molar-refractivity contribution >= 4 is 28.5 Å². The molecular weight excluding hydrogens is 602 g/mol. The van der Waals surface area contributed by atoms with Crippen molar-refractivity contribution < 1.29 is 14.7 Å². The number of para-hydroxylation sites is 1. The van der Waals surface area contributed by atoms with Gasteiger partial charge in [0.1, 0.15) is 11.3 Å². The number of phenolic OH excluding ortho intramolecular Hbond substituents is 1. The second-order valence-electron chi connectivity index (χ2n) is 13.3. The molecule has 0 bridgehead atoms. The lowest BCUT2D eigenvalue weighted by Crippen LogP contribution is -2.47. The van der Waals surface area contributed by atoms with Gasteiger partial charge < -0.3 is 19.5 Å². The molecule has 2 N–H and O–H groups in total. The van der Waals surface area contributed by atoms with E-state index in [4.69, 9.17) is 0 Å². The number of aromatic hydroxyl groups is 1. The molecule has 10 heteroatoms. The molecule has 48 heavy (non-hydrogen) atoms. The van der Waals surface area contributed by atoms with E-state index in [0.717, 1.165) is 80.0 Å². The molecule has 2 aromatic carbocycles. The molecule has 3 aliphatic heterocycles. The van der Waals surface area contributed by atoms with Crippen molar-refractivity contribution in [1.29, 1.82) is 0 Å². The molecule has 0 radical (unpaired) electrons. The van der Waals surface area contributed by atoms with E-state index in [-0.39, 0.29) is 23.5 Å². The number of rotatable bonds is 6. The Balaban J connectivity index is 0.856. The van der Waals surface area contributed by atoms with Crippen LogP contribution in [-0.4, -0.2) is 73.8 Å². The summed E-state index contributed by atoms with van der Waals surface area (Å²) in [4.78, 5) is 33.4. The van der Waals surface area contributed by atoms with Gasteiger partial charge in [0.05, 0.1) is 34.7 Å². The van der Waals surface area contributed by atoms with Crippen LogP contribution in [0.5, 0.6) is 5.75 Å². The number of aromatic nitrogens is 4. The summed E-state index contributed by atoms with van der Waals surface area (Å²) >= 11 is 0. The number of fused-ring (bicyclic) bond motifs is 1. The van der Waals surface area contributed by atoms with Crippen LogP contribution in [0.25, 0.3) is 28.0 Å². The van der Waals surface area contributed by atoms with Gasteiger partial charge in [0.25, 0.3) is 0 Å². The lowest BCUT2D eigenvalue weighted by atomic mass is 9.88. The summed E-state index contributed by atoms with van der Waals surface area (Å²) in [5.41, 5.74) is 7.40. The SMILES string of the molecule is O=C1CCC(c2ccc(N3CCC(N4CCC(c5ccc(-n6ccc7nnc(-c8ccccc8O)cc76)cc5)CC4)CC3)cn2)C(=O)N1. The minimum absolute atomic E-state index is 0.193. The van der Waals surface area contributed by atoms with Gasteiger partial charge in [0.15, 0.2) is 0 Å². The van der Waals surface area contributed by atoms with Crippen LogP contribution in [0.2, 0.25) is 0 Å². The molecule has 8 rings (SSSR count). The van der Waals surface area contributed by atoms with Crippen LogP contribution in [-0.2, 0) is 9.59 Å². The second-order valence-corrected chi connectivity index (χ2v) is 13.3. The van der Waals surface area contributed by atoms with E-state index in [1.165, 1.54) is 5.56 Å². The number of piperidine rings is 3. The fraction of sp³-hybridized carbons (Fsp3) is 0.342. The van der Waals surface area contributed by atoms with Crippen LogP contribution >= 0.6 is 0 Å². The van der Waals surface area contributed by atoms with E-state index in [1.807, 2.05) is 42.7 Å². The first kappa shape index (κ1) is 30.3. The number of phenols is 1. The quantitative estimate of drug-likeness (QED) is 0.232. The van der Waals surface area contributed by atoms with E-state index in [1.54, 1.807) is 12.1 Å². The molecule has 0 spiro atoms. The fourth-order valence-corrected chi connectivity index (χ4v) is 7.74. The summed E-state index contributed by atoms with van der Waals surface area (Å²) in [5.74, 6) is -0.0307. The largest absolute Gasteiger partial charge is 0.507 e. The third-order valence-corrected chi connectivity index (χ3v) is 10.5. The molecule has 2 amide bonds. The molecule has 0 saturated carbocycles. The average molecular weight is 642 g/mol. The number of carbonyl (C=O) groups excluding carboxylic acids is 2. The number of benzene rings is 2. The first-order valence-corrected chi connectivity index (χ1v) is 17.0. The highest BCUT2D eigenvalue weighted by atomic mass is 16.3. The number of imide groups is 1. The number of hydrogen-bond donors (Lipinski definition) is 2. The molecule has 0 aliphatic carbocycles. The molecule has 3 fully saturated rings. The van der Waals surface area contributed by atoms with E-state index >= 15 is 0 Å². The molecule has 10 nitrogen and oxygen atoms in total. The summed E-state index contributed by atoms with van der Waals surface area (Å²) in [5, 5.41) is 21.5. The Morgan fingerprint density at radius 2 is 1.56 bits per heavy atom. The maximum Gasteiger partial charge on any atom is 0.235 e. The molecular formula is C38H39N7O3. The summed E-state index contributed by atoms with van der Waals surface area (Å²) in [7, 11) is 0. The predicted octanol–water partition coefficient (Wildman–Crippen LogP) is 5.56. The topological polar surface area (TPSA) is 116 Å². The van der Waals surface area contributed by atoms with Gasteiger partial charge in [0.2, 0.25) is 11.8 Å². The summed E-state index contributed by atoms with van der Waals surface area (Å²) < 4.78 is 2.13. The maximum absolute atomic E-state index is 12.2. The zero-order chi connectivity index (χ0) is 32.6. The van der Waals surface area contributed by atoms with Gasteiger partial charge in [-0.15, -0.1) is 10.2 Å². The van der Waals surface area contributed by atoms with Crippen LogP contribution in [0.1, 0.15) is 61.6 Å². The Bertz CT molecular complexity index is 1940. The standard InChI is InChI=1S/C38H39N7O3/c46-36-4-2-1-3-30(36)34-23-35-33(41-42-34)17-22-45(35)28-7-5-25(6-8-28)26-13-18-43(19-14-26)27-15-20-44(21-16-27)29-9-11-32(39-24-29)31-10-12-37(47)40-38(31)48/h1-9,11,17,22-24,26-27,31,46H,10,12-16,18-21H2,(H,40,47,48). The van der Waals surface area contributed by atoms with Crippen LogP contribution < -0.4 is 10.2 Å². The van der Waals surface area contributed by atoms with Gasteiger partial charge in [-0.3, -0.25) is 19.9 Å². The first-order valence-electron chi connectivity index (χ1n) is 17.0. The lowest BCUT2D eigenvalue weighted by Gasteiger charge is -2.42. The lowest BCUT2D eigenvalue weighted by molar-refractivity contribution is -0.134. The zero-order valence-electron chi connectivity index (χ0n) is 26.8. The average Bonchev–Trinajstić information content (AvgIpc) is 3.56. The van der Waals surface area contributed by atoms with E-state index in [0.29, 0.717) is 36.1 Å². The minimum atomic E-state index is -0.343. The number of nitrogens with one attached hydrogen (secondary N) is 1. The number of anilines is 1. The monoisotopic (exact) mass is 641 g/mol. The summed E-state index contributed by atoms with van der Waals surface area (Å²) in [6.45, 7) is 4.24. The van der Waals surface area contributed by atoms with Crippen LogP contribution in [0.3, 0.4) is 0 Å². The van der Waals surface area contributed by atoms with Gasteiger partial charge in [0, 0.05) is 43.0 Å². The fourth-order valence-electron chi connectivity index (χ4n) is 7.74. The van der Waals surface area contributed by atoms with Crippen LogP contribution in [0, 0.1) is 0 Å². The van der Waals surface area contributed by atoms with E-state index in [9.17, 15) is 14.7 Å². The number of nitrogens with zero attached hydrogens (tertiary/aromatic N) is 6. The molecule has 1 unspecified atom stereocenters. The highest BCUT2D eigenvalue weighted by Gasteiger charge is 2.31. The van der Waals surface area contributed by atoms with Crippen molar-refractivity contribution in [2.75, 3.05) is 31.1 Å². The van der Waals surface area contributed by atoms with Crippen molar-refractivity contribution in [3.63, 3.8) is 0 Å². The summed E-state index contributed by atoms with van der Waals surface area (Å²) in [6, 6.07) is 24.7. The smallest absolute Gasteiger partial charge is 0.235 e. The molecule has 5 aromatic rings. The molecule has 244 valence electrons. The molecule has 3 saturated heterocycles. The van der Waals surface area contributed by atoms with Crippen molar-refractivity contribution in [2.45, 2.75) is 56.4 Å². The predicted molar refractivity (Wildman–Crippen MR) is 184 cm³/mol. The highest BCUT2D eigenvalue weighted by molar-refractivity contribution is 6.00. The van der Waals surface area contributed by atoms with E-state index < -0.39 is 0 Å². The third kappa shape index (κ3) is 5.92. The van der Waals surface area contributed by atoms with Crippen molar-refractivity contribution in [3.05, 3.63) is 96.4 Å². The zero-order valence-corrected chi connectivity index (χ0v) is 26.8. The molecule has 3 aromatic heterocycles. The van der Waals surface area contributed by atoms with Gasteiger partial charge in [-0.1, -0.05) is 24.3 Å². The Morgan fingerprint density at radius 1 is 0.792 bits per heavy atom. The molecule has 6 heterocycles. The normalized spacial score (nSPS) is 19.9.